The summed E-state index contributed by atoms with van der Waals surface area (Å²) in [5.74, 6) is 0.733. The Kier molecular flexibility index (Phi) is 4.94. The quantitative estimate of drug-likeness (QED) is 0.781. The van der Waals surface area contributed by atoms with E-state index in [1.165, 1.54) is 32.5 Å². The summed E-state index contributed by atoms with van der Waals surface area (Å²) in [7, 11) is -3.42. The molecule has 4 rings (SSSR count). The third-order valence-corrected chi connectivity index (χ3v) is 9.65. The highest BCUT2D eigenvalue weighted by atomic mass is 32.2. The monoisotopic (exact) mass is 410 g/mol. The van der Waals surface area contributed by atoms with Crippen LogP contribution in [-0.4, -0.2) is 49.7 Å². The molecule has 0 radical (unpaired) electrons. The van der Waals surface area contributed by atoms with Crippen LogP contribution in [0.1, 0.15) is 33.5 Å². The lowest BCUT2D eigenvalue weighted by molar-refractivity contribution is 0.0703. The van der Waals surface area contributed by atoms with Crippen molar-refractivity contribution in [3.8, 4) is 0 Å². The first-order valence-electron chi connectivity index (χ1n) is 8.89. The summed E-state index contributed by atoms with van der Waals surface area (Å²) in [5.41, 5.74) is 1.33. The van der Waals surface area contributed by atoms with Gasteiger partial charge in [-0.3, -0.25) is 4.79 Å². The molecule has 1 fully saturated rings. The molecule has 3 heterocycles. The van der Waals surface area contributed by atoms with Gasteiger partial charge in [-0.2, -0.15) is 4.31 Å². The van der Waals surface area contributed by atoms with Gasteiger partial charge in [0.1, 0.15) is 4.21 Å². The summed E-state index contributed by atoms with van der Waals surface area (Å²) in [5, 5.41) is 1.77. The van der Waals surface area contributed by atoms with Crippen molar-refractivity contribution in [1.29, 1.82) is 0 Å². The number of sulfonamides is 1. The minimum absolute atomic E-state index is 0.0465. The number of piperazine rings is 1. The van der Waals surface area contributed by atoms with Crippen molar-refractivity contribution in [3.63, 3.8) is 0 Å². The number of aryl methyl sites for hydroxylation is 1. The topological polar surface area (TPSA) is 57.7 Å². The maximum Gasteiger partial charge on any atom is 0.264 e. The van der Waals surface area contributed by atoms with Gasteiger partial charge in [0.25, 0.3) is 15.9 Å². The molecular formula is C18H22N2O3S3. The molecule has 1 saturated heterocycles. The van der Waals surface area contributed by atoms with Crippen LogP contribution in [0.5, 0.6) is 0 Å². The Bertz CT molecular complexity index is 894. The first kappa shape index (κ1) is 18.2. The second-order valence-electron chi connectivity index (χ2n) is 7.04. The van der Waals surface area contributed by atoms with Gasteiger partial charge in [-0.05, 0) is 48.3 Å². The zero-order chi connectivity index (χ0) is 18.3. The largest absolute Gasteiger partial charge is 0.335 e. The standard InChI is InChI=1S/C18H22N2O3S3/c1-13-4-5-15-14(11-13)12-16(25-15)18(21)19-6-8-20(9-7-19)26(22,23)17-3-2-10-24-17/h2-3,10,12-13H,4-9,11H2,1H3. The number of amides is 1. The molecule has 1 aliphatic heterocycles. The molecule has 1 amide bonds. The van der Waals surface area contributed by atoms with Crippen LogP contribution in [-0.2, 0) is 22.9 Å². The summed E-state index contributed by atoms with van der Waals surface area (Å²) >= 11 is 2.86. The van der Waals surface area contributed by atoms with Crippen LogP contribution in [0.3, 0.4) is 0 Å². The number of fused-ring (bicyclic) bond motifs is 1. The van der Waals surface area contributed by atoms with Crippen LogP contribution in [0.25, 0.3) is 0 Å². The van der Waals surface area contributed by atoms with E-state index in [1.807, 2.05) is 0 Å². The summed E-state index contributed by atoms with van der Waals surface area (Å²) < 4.78 is 27.0. The van der Waals surface area contributed by atoms with Gasteiger partial charge in [0.05, 0.1) is 4.88 Å². The van der Waals surface area contributed by atoms with E-state index in [2.05, 4.69) is 13.0 Å². The summed E-state index contributed by atoms with van der Waals surface area (Å²) in [6.07, 6.45) is 3.33. The highest BCUT2D eigenvalue weighted by molar-refractivity contribution is 7.91. The Hall–Kier alpha value is -1.22. The Labute approximate surface area is 162 Å². The van der Waals surface area contributed by atoms with Crippen molar-refractivity contribution in [2.45, 2.75) is 30.4 Å². The predicted octanol–water partition coefficient (Wildman–Crippen LogP) is 3.08. The first-order chi connectivity index (χ1) is 12.4. The van der Waals surface area contributed by atoms with Gasteiger partial charge in [-0.1, -0.05) is 13.0 Å². The minimum atomic E-state index is -3.42. The van der Waals surface area contributed by atoms with E-state index < -0.39 is 10.0 Å². The maximum absolute atomic E-state index is 12.9. The maximum atomic E-state index is 12.9. The summed E-state index contributed by atoms with van der Waals surface area (Å²) in [4.78, 5) is 16.8. The average Bonchev–Trinajstić information content (AvgIpc) is 3.31. The van der Waals surface area contributed by atoms with Crippen LogP contribution < -0.4 is 0 Å². The van der Waals surface area contributed by atoms with Gasteiger partial charge in [0.2, 0.25) is 0 Å². The fraction of sp³-hybridized carbons (Fsp3) is 0.500. The van der Waals surface area contributed by atoms with Crippen LogP contribution in [0.2, 0.25) is 0 Å². The molecule has 5 nitrogen and oxygen atoms in total. The van der Waals surface area contributed by atoms with Crippen molar-refractivity contribution in [1.82, 2.24) is 9.21 Å². The molecule has 1 unspecified atom stereocenters. The van der Waals surface area contributed by atoms with Gasteiger partial charge >= 0.3 is 0 Å². The second kappa shape index (κ2) is 7.07. The van der Waals surface area contributed by atoms with Gasteiger partial charge in [-0.15, -0.1) is 22.7 Å². The van der Waals surface area contributed by atoms with Gasteiger partial charge in [-0.25, -0.2) is 8.42 Å². The lowest BCUT2D eigenvalue weighted by Crippen LogP contribution is -2.50. The SMILES string of the molecule is CC1CCc2sc(C(=O)N3CCN(S(=O)(=O)c4cccs4)CC3)cc2C1. The number of carbonyl (C=O) groups is 1. The molecule has 1 aliphatic carbocycles. The molecule has 1 atom stereocenters. The fourth-order valence-corrected chi connectivity index (χ4v) is 7.38. The van der Waals surface area contributed by atoms with Crippen molar-refractivity contribution in [2.75, 3.05) is 26.2 Å². The molecule has 0 spiro atoms. The van der Waals surface area contributed by atoms with Crippen molar-refractivity contribution in [3.05, 3.63) is 38.9 Å². The Balaban J connectivity index is 1.43. The lowest BCUT2D eigenvalue weighted by atomic mass is 9.90. The predicted molar refractivity (Wildman–Crippen MR) is 104 cm³/mol. The van der Waals surface area contributed by atoms with Crippen LogP contribution in [0.15, 0.2) is 27.8 Å². The molecule has 0 N–H and O–H groups in total. The molecule has 2 aromatic rings. The summed E-state index contributed by atoms with van der Waals surface area (Å²) in [6, 6.07) is 5.44. The van der Waals surface area contributed by atoms with Crippen LogP contribution in [0, 0.1) is 5.92 Å². The van der Waals surface area contributed by atoms with Crippen LogP contribution >= 0.6 is 22.7 Å². The highest BCUT2D eigenvalue weighted by Gasteiger charge is 2.32. The molecule has 26 heavy (non-hydrogen) atoms. The number of carbonyl (C=O) groups excluding carboxylic acids is 1. The highest BCUT2D eigenvalue weighted by Crippen LogP contribution is 2.33. The fourth-order valence-electron chi connectivity index (χ4n) is 3.64. The normalized spacial score (nSPS) is 21.6. The van der Waals surface area contributed by atoms with Crippen molar-refractivity contribution in [2.24, 2.45) is 5.92 Å². The number of thiophene rings is 2. The number of hydrogen-bond donors (Lipinski definition) is 0. The van der Waals surface area contributed by atoms with Gasteiger partial charge < -0.3 is 4.90 Å². The minimum Gasteiger partial charge on any atom is -0.335 e. The molecule has 0 saturated carbocycles. The smallest absolute Gasteiger partial charge is 0.264 e. The Morgan fingerprint density at radius 3 is 2.69 bits per heavy atom. The van der Waals surface area contributed by atoms with E-state index in [4.69, 9.17) is 0 Å². The van der Waals surface area contributed by atoms with E-state index in [9.17, 15) is 13.2 Å². The lowest BCUT2D eigenvalue weighted by Gasteiger charge is -2.33. The molecule has 0 aromatic carbocycles. The van der Waals surface area contributed by atoms with E-state index >= 15 is 0 Å². The number of nitrogens with zero attached hydrogens (tertiary/aromatic N) is 2. The van der Waals surface area contributed by atoms with Crippen molar-refractivity contribution >= 4 is 38.6 Å². The Morgan fingerprint density at radius 1 is 1.23 bits per heavy atom. The Morgan fingerprint density at radius 2 is 2.00 bits per heavy atom. The molecule has 2 aromatic heterocycles. The van der Waals surface area contributed by atoms with E-state index in [0.29, 0.717) is 36.3 Å². The molecule has 8 heteroatoms. The zero-order valence-corrected chi connectivity index (χ0v) is 17.1. The zero-order valence-electron chi connectivity index (χ0n) is 14.7. The van der Waals surface area contributed by atoms with E-state index in [1.54, 1.807) is 33.7 Å². The third-order valence-electron chi connectivity index (χ3n) is 5.16. The molecular weight excluding hydrogens is 388 g/mol. The second-order valence-corrected chi connectivity index (χ2v) is 11.3. The summed E-state index contributed by atoms with van der Waals surface area (Å²) in [6.45, 7) is 3.86. The van der Waals surface area contributed by atoms with Crippen molar-refractivity contribution < 1.29 is 13.2 Å². The van der Waals surface area contributed by atoms with E-state index in [0.717, 1.165) is 17.7 Å². The number of rotatable bonds is 3. The van der Waals surface area contributed by atoms with Crippen LogP contribution in [0.4, 0.5) is 0 Å². The van der Waals surface area contributed by atoms with Gasteiger partial charge in [0, 0.05) is 31.1 Å². The number of hydrogen-bond acceptors (Lipinski definition) is 5. The average molecular weight is 411 g/mol. The first-order valence-corrected chi connectivity index (χ1v) is 12.0. The third kappa shape index (κ3) is 3.35. The molecule has 140 valence electrons. The van der Waals surface area contributed by atoms with E-state index in [-0.39, 0.29) is 5.91 Å². The molecule has 0 bridgehead atoms. The van der Waals surface area contributed by atoms with Gasteiger partial charge in [0.15, 0.2) is 0 Å². The molecule has 2 aliphatic rings.